The van der Waals surface area contributed by atoms with Crippen LogP contribution in [0.4, 0.5) is 5.69 Å². The molecule has 18 heavy (non-hydrogen) atoms. The second kappa shape index (κ2) is 6.64. The molecule has 1 aromatic rings. The molecule has 0 aromatic heterocycles. The van der Waals surface area contributed by atoms with Crippen molar-refractivity contribution in [3.8, 4) is 5.75 Å². The van der Waals surface area contributed by atoms with Gasteiger partial charge in [-0.05, 0) is 55.5 Å². The molecular formula is C15H26N2O. The van der Waals surface area contributed by atoms with Gasteiger partial charge in [0.1, 0.15) is 5.75 Å². The number of hydrogen-bond donors (Lipinski definition) is 2. The van der Waals surface area contributed by atoms with Crippen molar-refractivity contribution in [3.63, 3.8) is 0 Å². The van der Waals surface area contributed by atoms with E-state index < -0.39 is 0 Å². The summed E-state index contributed by atoms with van der Waals surface area (Å²) in [6.45, 7) is 10.3. The summed E-state index contributed by atoms with van der Waals surface area (Å²) in [6.07, 6.45) is 0. The molecule has 0 bridgehead atoms. The van der Waals surface area contributed by atoms with Crippen LogP contribution in [0, 0.1) is 25.7 Å². The van der Waals surface area contributed by atoms with E-state index in [2.05, 4.69) is 39.1 Å². The third-order valence-electron chi connectivity index (χ3n) is 3.76. The fourth-order valence-electron chi connectivity index (χ4n) is 2.04. The SMILES string of the molecule is COc1ccc(NCC(CN)C(C)C)c(C)c1C. The molecule has 1 rings (SSSR count). The highest BCUT2D eigenvalue weighted by atomic mass is 16.5. The summed E-state index contributed by atoms with van der Waals surface area (Å²) in [7, 11) is 1.71. The van der Waals surface area contributed by atoms with Gasteiger partial charge in [0.2, 0.25) is 0 Å². The van der Waals surface area contributed by atoms with Gasteiger partial charge >= 0.3 is 0 Å². The molecule has 1 unspecified atom stereocenters. The van der Waals surface area contributed by atoms with E-state index in [-0.39, 0.29) is 0 Å². The Morgan fingerprint density at radius 1 is 1.22 bits per heavy atom. The first kappa shape index (κ1) is 14.8. The quantitative estimate of drug-likeness (QED) is 0.816. The van der Waals surface area contributed by atoms with Crippen LogP contribution in [0.15, 0.2) is 12.1 Å². The van der Waals surface area contributed by atoms with Gasteiger partial charge in [-0.25, -0.2) is 0 Å². The monoisotopic (exact) mass is 250 g/mol. The van der Waals surface area contributed by atoms with Gasteiger partial charge < -0.3 is 15.8 Å². The Kier molecular flexibility index (Phi) is 5.48. The van der Waals surface area contributed by atoms with Crippen molar-refractivity contribution in [1.82, 2.24) is 0 Å². The summed E-state index contributed by atoms with van der Waals surface area (Å²) in [5.41, 5.74) is 9.40. The first-order chi connectivity index (χ1) is 8.51. The average molecular weight is 250 g/mol. The van der Waals surface area contributed by atoms with E-state index in [1.807, 2.05) is 6.07 Å². The van der Waals surface area contributed by atoms with Gasteiger partial charge in [0.15, 0.2) is 0 Å². The second-order valence-electron chi connectivity index (χ2n) is 5.19. The van der Waals surface area contributed by atoms with Gasteiger partial charge in [0.05, 0.1) is 7.11 Å². The van der Waals surface area contributed by atoms with Gasteiger partial charge in [-0.3, -0.25) is 0 Å². The third-order valence-corrected chi connectivity index (χ3v) is 3.76. The standard InChI is InChI=1S/C15H26N2O/c1-10(2)13(8-16)9-17-14-6-7-15(18-5)12(4)11(14)3/h6-7,10,13,17H,8-9,16H2,1-5H3. The molecule has 1 aromatic carbocycles. The van der Waals surface area contributed by atoms with Crippen LogP contribution in [0.5, 0.6) is 5.75 Å². The molecule has 0 amide bonds. The van der Waals surface area contributed by atoms with E-state index in [1.165, 1.54) is 16.8 Å². The van der Waals surface area contributed by atoms with Gasteiger partial charge in [-0.15, -0.1) is 0 Å². The van der Waals surface area contributed by atoms with Crippen LogP contribution in [-0.2, 0) is 0 Å². The summed E-state index contributed by atoms with van der Waals surface area (Å²) in [5.74, 6) is 2.05. The molecule has 0 aliphatic heterocycles. The van der Waals surface area contributed by atoms with Crippen LogP contribution in [0.1, 0.15) is 25.0 Å². The van der Waals surface area contributed by atoms with Gasteiger partial charge in [-0.2, -0.15) is 0 Å². The first-order valence-corrected chi connectivity index (χ1v) is 6.59. The molecular weight excluding hydrogens is 224 g/mol. The van der Waals surface area contributed by atoms with Crippen molar-refractivity contribution in [2.75, 3.05) is 25.5 Å². The van der Waals surface area contributed by atoms with Crippen LogP contribution >= 0.6 is 0 Å². The minimum absolute atomic E-state index is 0.506. The fraction of sp³-hybridized carbons (Fsp3) is 0.600. The Morgan fingerprint density at radius 3 is 2.39 bits per heavy atom. The van der Waals surface area contributed by atoms with Crippen LogP contribution in [0.3, 0.4) is 0 Å². The number of anilines is 1. The minimum Gasteiger partial charge on any atom is -0.496 e. The molecule has 3 nitrogen and oxygen atoms in total. The minimum atomic E-state index is 0.506. The van der Waals surface area contributed by atoms with Gasteiger partial charge in [0, 0.05) is 12.2 Å². The highest BCUT2D eigenvalue weighted by Crippen LogP contribution is 2.27. The largest absolute Gasteiger partial charge is 0.496 e. The number of rotatable bonds is 6. The molecule has 3 N–H and O–H groups in total. The lowest BCUT2D eigenvalue weighted by Gasteiger charge is -2.21. The van der Waals surface area contributed by atoms with Gasteiger partial charge in [0.25, 0.3) is 0 Å². The molecule has 0 aliphatic carbocycles. The van der Waals surface area contributed by atoms with E-state index >= 15 is 0 Å². The maximum atomic E-state index is 5.79. The summed E-state index contributed by atoms with van der Waals surface area (Å²) in [5, 5.41) is 3.50. The number of benzene rings is 1. The molecule has 0 saturated carbocycles. The predicted octanol–water partition coefficient (Wildman–Crippen LogP) is 2.95. The molecule has 0 spiro atoms. The number of methoxy groups -OCH3 is 1. The van der Waals surface area contributed by atoms with Crippen molar-refractivity contribution < 1.29 is 4.74 Å². The first-order valence-electron chi connectivity index (χ1n) is 6.59. The van der Waals surface area contributed by atoms with E-state index in [9.17, 15) is 0 Å². The molecule has 0 radical (unpaired) electrons. The highest BCUT2D eigenvalue weighted by Gasteiger charge is 2.12. The number of ether oxygens (including phenoxy) is 1. The fourth-order valence-corrected chi connectivity index (χ4v) is 2.04. The predicted molar refractivity (Wildman–Crippen MR) is 78.3 cm³/mol. The van der Waals surface area contributed by atoms with Crippen LogP contribution in [0.2, 0.25) is 0 Å². The lowest BCUT2D eigenvalue weighted by molar-refractivity contribution is 0.410. The van der Waals surface area contributed by atoms with Crippen LogP contribution in [-0.4, -0.2) is 20.2 Å². The zero-order chi connectivity index (χ0) is 13.7. The maximum Gasteiger partial charge on any atom is 0.122 e. The van der Waals surface area contributed by atoms with E-state index in [0.29, 0.717) is 11.8 Å². The number of nitrogens with two attached hydrogens (primary N) is 1. The lowest BCUT2D eigenvalue weighted by atomic mass is 9.95. The zero-order valence-electron chi connectivity index (χ0n) is 12.2. The molecule has 0 heterocycles. The summed E-state index contributed by atoms with van der Waals surface area (Å²) < 4.78 is 5.32. The average Bonchev–Trinajstić information content (AvgIpc) is 2.34. The van der Waals surface area contributed by atoms with Gasteiger partial charge in [-0.1, -0.05) is 13.8 Å². The Bertz CT molecular complexity index is 388. The van der Waals surface area contributed by atoms with Crippen LogP contribution < -0.4 is 15.8 Å². The summed E-state index contributed by atoms with van der Waals surface area (Å²) in [4.78, 5) is 0. The van der Waals surface area contributed by atoms with E-state index in [4.69, 9.17) is 10.5 Å². The van der Waals surface area contributed by atoms with Crippen molar-refractivity contribution in [2.24, 2.45) is 17.6 Å². The smallest absolute Gasteiger partial charge is 0.122 e. The third kappa shape index (κ3) is 3.39. The van der Waals surface area contributed by atoms with E-state index in [1.54, 1.807) is 7.11 Å². The number of hydrogen-bond acceptors (Lipinski definition) is 3. The zero-order valence-corrected chi connectivity index (χ0v) is 12.2. The number of nitrogens with one attached hydrogen (secondary N) is 1. The lowest BCUT2D eigenvalue weighted by Crippen LogP contribution is -2.27. The Balaban J connectivity index is 2.77. The Hall–Kier alpha value is -1.22. The maximum absolute atomic E-state index is 5.79. The van der Waals surface area contributed by atoms with Crippen molar-refractivity contribution in [2.45, 2.75) is 27.7 Å². The molecule has 0 fully saturated rings. The van der Waals surface area contributed by atoms with E-state index in [0.717, 1.165) is 18.8 Å². The van der Waals surface area contributed by atoms with Crippen LogP contribution in [0.25, 0.3) is 0 Å². The summed E-state index contributed by atoms with van der Waals surface area (Å²) in [6, 6.07) is 4.09. The molecule has 0 aliphatic rings. The summed E-state index contributed by atoms with van der Waals surface area (Å²) >= 11 is 0. The van der Waals surface area contributed by atoms with Crippen molar-refractivity contribution >= 4 is 5.69 Å². The normalized spacial score (nSPS) is 12.6. The second-order valence-corrected chi connectivity index (χ2v) is 5.19. The van der Waals surface area contributed by atoms with Crippen molar-refractivity contribution in [3.05, 3.63) is 23.3 Å². The molecule has 0 saturated heterocycles. The van der Waals surface area contributed by atoms with Crippen molar-refractivity contribution in [1.29, 1.82) is 0 Å². The molecule has 1 atom stereocenters. The highest BCUT2D eigenvalue weighted by molar-refractivity contribution is 5.58. The molecule has 3 heteroatoms. The Labute approximate surface area is 111 Å². The molecule has 102 valence electrons. The topological polar surface area (TPSA) is 47.3 Å². The Morgan fingerprint density at radius 2 is 1.89 bits per heavy atom.